The fraction of sp³-hybridized carbons (Fsp3) is 0.385. The molecule has 74 valence electrons. The average Bonchev–Trinajstić information content (AvgIpc) is 2.97. The maximum absolute atomic E-state index is 9.80. The smallest absolute Gasteiger partial charge is 0.0779 e. The maximum atomic E-state index is 9.80. The highest BCUT2D eigenvalue weighted by Gasteiger charge is 2.43. The van der Waals surface area contributed by atoms with Crippen molar-refractivity contribution in [1.29, 1.82) is 0 Å². The molecule has 1 heteroatoms. The van der Waals surface area contributed by atoms with E-state index in [9.17, 15) is 5.11 Å². The summed E-state index contributed by atoms with van der Waals surface area (Å²) in [5.74, 6) is 0.942. The van der Waals surface area contributed by atoms with E-state index in [1.165, 1.54) is 5.56 Å². The van der Waals surface area contributed by atoms with E-state index in [-0.39, 0.29) is 6.10 Å². The highest BCUT2D eigenvalue weighted by atomic mass is 16.3. The van der Waals surface area contributed by atoms with Gasteiger partial charge in [-0.2, -0.15) is 0 Å². The van der Waals surface area contributed by atoms with Gasteiger partial charge in [0.1, 0.15) is 0 Å². The number of hydrogen-bond donors (Lipinski definition) is 1. The fourth-order valence-corrected chi connectivity index (χ4v) is 2.01. The van der Waals surface area contributed by atoms with Crippen molar-refractivity contribution >= 4 is 0 Å². The van der Waals surface area contributed by atoms with Crippen LogP contribution < -0.4 is 0 Å². The van der Waals surface area contributed by atoms with Crippen LogP contribution in [0.3, 0.4) is 0 Å². The van der Waals surface area contributed by atoms with Gasteiger partial charge in [0.25, 0.3) is 0 Å². The van der Waals surface area contributed by atoms with Crippen LogP contribution >= 0.6 is 0 Å². The number of benzene rings is 1. The summed E-state index contributed by atoms with van der Waals surface area (Å²) in [4.78, 5) is 0. The molecule has 1 fully saturated rings. The molecule has 14 heavy (non-hydrogen) atoms. The van der Waals surface area contributed by atoms with E-state index in [4.69, 9.17) is 0 Å². The standard InChI is InChI=1S/C13H16O/c1-9(2)13(14)12-8-11(12)10-6-4-3-5-7-10/h3-7,11-14H,1,8H2,2H3. The lowest BCUT2D eigenvalue weighted by atomic mass is 10.0. The van der Waals surface area contributed by atoms with Crippen molar-refractivity contribution in [2.75, 3.05) is 0 Å². The van der Waals surface area contributed by atoms with Gasteiger partial charge in [0.05, 0.1) is 6.10 Å². The normalized spacial score (nSPS) is 27.0. The van der Waals surface area contributed by atoms with Crippen LogP contribution in [0, 0.1) is 5.92 Å². The third-order valence-electron chi connectivity index (χ3n) is 2.98. The monoisotopic (exact) mass is 188 g/mol. The molecule has 2 rings (SSSR count). The lowest BCUT2D eigenvalue weighted by molar-refractivity contribution is 0.185. The van der Waals surface area contributed by atoms with E-state index in [1.807, 2.05) is 13.0 Å². The molecule has 1 aromatic rings. The summed E-state index contributed by atoms with van der Waals surface area (Å²) in [7, 11) is 0. The van der Waals surface area contributed by atoms with Crippen molar-refractivity contribution in [3.8, 4) is 0 Å². The lowest BCUT2D eigenvalue weighted by Gasteiger charge is -2.09. The van der Waals surface area contributed by atoms with E-state index in [0.717, 1.165) is 12.0 Å². The molecule has 1 aromatic carbocycles. The molecule has 1 saturated carbocycles. The molecule has 0 radical (unpaired) electrons. The Morgan fingerprint density at radius 3 is 2.64 bits per heavy atom. The third kappa shape index (κ3) is 1.73. The average molecular weight is 188 g/mol. The maximum Gasteiger partial charge on any atom is 0.0779 e. The van der Waals surface area contributed by atoms with Gasteiger partial charge in [-0.3, -0.25) is 0 Å². The minimum absolute atomic E-state index is 0.319. The Morgan fingerprint density at radius 1 is 1.43 bits per heavy atom. The van der Waals surface area contributed by atoms with Crippen LogP contribution in [-0.2, 0) is 0 Å². The van der Waals surface area contributed by atoms with E-state index in [1.54, 1.807) is 0 Å². The van der Waals surface area contributed by atoms with E-state index >= 15 is 0 Å². The van der Waals surface area contributed by atoms with Crippen molar-refractivity contribution in [2.24, 2.45) is 5.92 Å². The Morgan fingerprint density at radius 2 is 2.07 bits per heavy atom. The number of aliphatic hydroxyl groups is 1. The van der Waals surface area contributed by atoms with Gasteiger partial charge in [-0.1, -0.05) is 42.5 Å². The Kier molecular flexibility index (Phi) is 2.42. The summed E-state index contributed by atoms with van der Waals surface area (Å²) in [5, 5.41) is 9.80. The van der Waals surface area contributed by atoms with Gasteiger partial charge < -0.3 is 5.11 Å². The van der Waals surface area contributed by atoms with Crippen LogP contribution in [0.4, 0.5) is 0 Å². The predicted molar refractivity (Wildman–Crippen MR) is 58.1 cm³/mol. The van der Waals surface area contributed by atoms with E-state index in [0.29, 0.717) is 11.8 Å². The molecule has 1 aliphatic carbocycles. The second kappa shape index (κ2) is 3.58. The zero-order chi connectivity index (χ0) is 10.1. The SMILES string of the molecule is C=C(C)C(O)C1CC1c1ccccc1. The number of aliphatic hydroxyl groups excluding tert-OH is 1. The van der Waals surface area contributed by atoms with Crippen molar-refractivity contribution < 1.29 is 5.11 Å². The summed E-state index contributed by atoms with van der Waals surface area (Å²) in [5.41, 5.74) is 2.23. The summed E-state index contributed by atoms with van der Waals surface area (Å²) in [6.45, 7) is 5.69. The first-order valence-electron chi connectivity index (χ1n) is 5.08. The first kappa shape index (κ1) is 9.47. The van der Waals surface area contributed by atoms with Crippen molar-refractivity contribution in [3.05, 3.63) is 48.0 Å². The highest BCUT2D eigenvalue weighted by Crippen LogP contribution is 2.50. The zero-order valence-electron chi connectivity index (χ0n) is 8.48. The molecule has 0 amide bonds. The summed E-state index contributed by atoms with van der Waals surface area (Å²) < 4.78 is 0. The van der Waals surface area contributed by atoms with Crippen LogP contribution in [0.15, 0.2) is 42.5 Å². The molecular weight excluding hydrogens is 172 g/mol. The molecule has 3 atom stereocenters. The van der Waals surface area contributed by atoms with E-state index in [2.05, 4.69) is 30.8 Å². The Balaban J connectivity index is 2.03. The quantitative estimate of drug-likeness (QED) is 0.723. The molecule has 0 spiro atoms. The molecule has 0 aliphatic heterocycles. The Hall–Kier alpha value is -1.08. The van der Waals surface area contributed by atoms with Crippen molar-refractivity contribution in [3.63, 3.8) is 0 Å². The highest BCUT2D eigenvalue weighted by molar-refractivity contribution is 5.28. The van der Waals surface area contributed by atoms with Crippen LogP contribution in [-0.4, -0.2) is 11.2 Å². The van der Waals surface area contributed by atoms with Gasteiger partial charge in [-0.25, -0.2) is 0 Å². The Labute approximate surface area is 85.1 Å². The lowest BCUT2D eigenvalue weighted by Crippen LogP contribution is -2.10. The Bertz CT molecular complexity index is 328. The largest absolute Gasteiger partial charge is 0.388 e. The number of rotatable bonds is 3. The van der Waals surface area contributed by atoms with Crippen LogP contribution in [0.25, 0.3) is 0 Å². The van der Waals surface area contributed by atoms with Crippen molar-refractivity contribution in [1.82, 2.24) is 0 Å². The van der Waals surface area contributed by atoms with Gasteiger partial charge in [0.2, 0.25) is 0 Å². The van der Waals surface area contributed by atoms with Crippen LogP contribution in [0.5, 0.6) is 0 Å². The third-order valence-corrected chi connectivity index (χ3v) is 2.98. The minimum atomic E-state index is -0.319. The molecule has 0 aromatic heterocycles. The summed E-state index contributed by atoms with van der Waals surface area (Å²) in [6.07, 6.45) is 0.776. The second-order valence-electron chi connectivity index (χ2n) is 4.21. The van der Waals surface area contributed by atoms with Gasteiger partial charge in [0, 0.05) is 0 Å². The van der Waals surface area contributed by atoms with Gasteiger partial charge in [-0.15, -0.1) is 0 Å². The molecule has 1 nitrogen and oxygen atoms in total. The van der Waals surface area contributed by atoms with Crippen molar-refractivity contribution in [2.45, 2.75) is 25.4 Å². The molecular formula is C13H16O. The molecule has 0 bridgehead atoms. The van der Waals surface area contributed by atoms with Gasteiger partial charge >= 0.3 is 0 Å². The molecule has 1 aliphatic rings. The molecule has 3 unspecified atom stereocenters. The zero-order valence-corrected chi connectivity index (χ0v) is 8.48. The summed E-state index contributed by atoms with van der Waals surface area (Å²) in [6, 6.07) is 10.4. The van der Waals surface area contributed by atoms with Crippen LogP contribution in [0.2, 0.25) is 0 Å². The number of hydrogen-bond acceptors (Lipinski definition) is 1. The van der Waals surface area contributed by atoms with Gasteiger partial charge in [0.15, 0.2) is 0 Å². The fourth-order valence-electron chi connectivity index (χ4n) is 2.01. The molecule has 0 saturated heterocycles. The van der Waals surface area contributed by atoms with E-state index < -0.39 is 0 Å². The molecule has 0 heterocycles. The summed E-state index contributed by atoms with van der Waals surface area (Å²) >= 11 is 0. The first-order chi connectivity index (χ1) is 6.70. The van der Waals surface area contributed by atoms with Crippen LogP contribution in [0.1, 0.15) is 24.8 Å². The van der Waals surface area contributed by atoms with Gasteiger partial charge in [-0.05, 0) is 30.7 Å². The predicted octanol–water partition coefficient (Wildman–Crippen LogP) is 2.73. The first-order valence-corrected chi connectivity index (χ1v) is 5.08. The minimum Gasteiger partial charge on any atom is -0.388 e. The topological polar surface area (TPSA) is 20.2 Å². The second-order valence-corrected chi connectivity index (χ2v) is 4.21. The molecule has 1 N–H and O–H groups in total.